The van der Waals surface area contributed by atoms with E-state index in [0.717, 1.165) is 0 Å². The summed E-state index contributed by atoms with van der Waals surface area (Å²) < 4.78 is 0. The number of amides is 3. The summed E-state index contributed by atoms with van der Waals surface area (Å²) in [6.07, 6.45) is 0.996. The number of nitrogens with one attached hydrogen (secondary N) is 2. The maximum Gasteiger partial charge on any atom is 0.317 e. The number of carboxylic acids is 1. The standard InChI is InChI=1S/C12H21N3O4/c1-3-12(10(17)18)4-7-15(8-12)11(19)14-6-5-13-9(2)16/h3-8H2,1-2H3,(H,13,16)(H,14,19)(H,17,18). The van der Waals surface area contributed by atoms with E-state index in [2.05, 4.69) is 10.6 Å². The van der Waals surface area contributed by atoms with Crippen molar-refractivity contribution in [1.29, 1.82) is 0 Å². The molecule has 7 heteroatoms. The van der Waals surface area contributed by atoms with E-state index in [1.807, 2.05) is 6.92 Å². The van der Waals surface area contributed by atoms with E-state index in [9.17, 15) is 19.5 Å². The molecule has 0 aliphatic carbocycles. The fraction of sp³-hybridized carbons (Fsp3) is 0.750. The fourth-order valence-electron chi connectivity index (χ4n) is 2.18. The Morgan fingerprint density at radius 1 is 1.26 bits per heavy atom. The Balaban J connectivity index is 2.39. The number of likely N-dealkylation sites (tertiary alicyclic amines) is 1. The number of hydrogen-bond acceptors (Lipinski definition) is 3. The minimum atomic E-state index is -0.844. The van der Waals surface area contributed by atoms with Crippen LogP contribution in [-0.4, -0.2) is 54.1 Å². The highest BCUT2D eigenvalue weighted by Gasteiger charge is 2.44. The molecule has 1 unspecified atom stereocenters. The van der Waals surface area contributed by atoms with Crippen LogP contribution < -0.4 is 10.6 Å². The predicted molar refractivity (Wildman–Crippen MR) is 68.6 cm³/mol. The second-order valence-electron chi connectivity index (χ2n) is 4.83. The van der Waals surface area contributed by atoms with Gasteiger partial charge in [0, 0.05) is 33.1 Å². The van der Waals surface area contributed by atoms with Gasteiger partial charge in [0.05, 0.1) is 5.41 Å². The molecular weight excluding hydrogens is 250 g/mol. The molecule has 0 aromatic rings. The minimum absolute atomic E-state index is 0.147. The van der Waals surface area contributed by atoms with E-state index in [1.54, 1.807) is 0 Å². The first-order valence-electron chi connectivity index (χ1n) is 6.42. The highest BCUT2D eigenvalue weighted by Crippen LogP contribution is 2.34. The Kier molecular flexibility index (Phi) is 5.14. The van der Waals surface area contributed by atoms with Crippen LogP contribution in [0.15, 0.2) is 0 Å². The molecular formula is C12H21N3O4. The van der Waals surface area contributed by atoms with Gasteiger partial charge in [-0.1, -0.05) is 6.92 Å². The number of aliphatic carboxylic acids is 1. The monoisotopic (exact) mass is 271 g/mol. The summed E-state index contributed by atoms with van der Waals surface area (Å²) >= 11 is 0. The molecule has 0 aromatic carbocycles. The lowest BCUT2D eigenvalue weighted by molar-refractivity contribution is -0.148. The molecule has 1 saturated heterocycles. The van der Waals surface area contributed by atoms with Crippen LogP contribution in [0.25, 0.3) is 0 Å². The zero-order valence-electron chi connectivity index (χ0n) is 11.4. The number of urea groups is 1. The first kappa shape index (κ1) is 15.3. The van der Waals surface area contributed by atoms with Crippen LogP contribution in [0.5, 0.6) is 0 Å². The minimum Gasteiger partial charge on any atom is -0.481 e. The molecule has 1 aliphatic rings. The molecule has 0 radical (unpaired) electrons. The van der Waals surface area contributed by atoms with Gasteiger partial charge in [0.2, 0.25) is 5.91 Å². The Hall–Kier alpha value is -1.79. The molecule has 0 saturated carbocycles. The largest absolute Gasteiger partial charge is 0.481 e. The van der Waals surface area contributed by atoms with Gasteiger partial charge >= 0.3 is 12.0 Å². The third kappa shape index (κ3) is 3.84. The predicted octanol–water partition coefficient (Wildman–Crippen LogP) is 0.0188. The van der Waals surface area contributed by atoms with Gasteiger partial charge in [0.1, 0.15) is 0 Å². The van der Waals surface area contributed by atoms with Crippen LogP contribution in [0, 0.1) is 5.41 Å². The van der Waals surface area contributed by atoms with Gasteiger partial charge in [-0.25, -0.2) is 4.79 Å². The van der Waals surface area contributed by atoms with Crippen molar-refractivity contribution >= 4 is 17.9 Å². The SMILES string of the molecule is CCC1(C(=O)O)CCN(C(=O)NCCNC(C)=O)C1. The van der Waals surface area contributed by atoms with Gasteiger partial charge < -0.3 is 20.6 Å². The number of hydrogen-bond donors (Lipinski definition) is 3. The van der Waals surface area contributed by atoms with Crippen LogP contribution in [0.1, 0.15) is 26.7 Å². The fourth-order valence-corrected chi connectivity index (χ4v) is 2.18. The summed E-state index contributed by atoms with van der Waals surface area (Å²) in [5.41, 5.74) is -0.811. The highest BCUT2D eigenvalue weighted by atomic mass is 16.4. The lowest BCUT2D eigenvalue weighted by atomic mass is 9.84. The van der Waals surface area contributed by atoms with E-state index in [1.165, 1.54) is 11.8 Å². The summed E-state index contributed by atoms with van der Waals surface area (Å²) in [4.78, 5) is 35.2. The van der Waals surface area contributed by atoms with Crippen LogP contribution in [0.3, 0.4) is 0 Å². The maximum absolute atomic E-state index is 11.8. The number of carbonyl (C=O) groups is 3. The van der Waals surface area contributed by atoms with Crippen LogP contribution in [0.4, 0.5) is 4.79 Å². The highest BCUT2D eigenvalue weighted by molar-refractivity contribution is 5.79. The van der Waals surface area contributed by atoms with Crippen molar-refractivity contribution in [2.45, 2.75) is 26.7 Å². The number of rotatable bonds is 5. The van der Waals surface area contributed by atoms with Gasteiger partial charge in [-0.15, -0.1) is 0 Å². The van der Waals surface area contributed by atoms with E-state index in [4.69, 9.17) is 0 Å². The number of carboxylic acid groups (broad SMARTS) is 1. The van der Waals surface area contributed by atoms with Gasteiger partial charge in [0.25, 0.3) is 0 Å². The zero-order chi connectivity index (χ0) is 14.5. The lowest BCUT2D eigenvalue weighted by Gasteiger charge is -2.23. The van der Waals surface area contributed by atoms with Gasteiger partial charge in [-0.3, -0.25) is 9.59 Å². The number of nitrogens with zero attached hydrogens (tertiary/aromatic N) is 1. The van der Waals surface area contributed by atoms with Gasteiger partial charge in [0.15, 0.2) is 0 Å². The average Bonchev–Trinajstić information content (AvgIpc) is 2.80. The molecule has 1 heterocycles. The maximum atomic E-state index is 11.8. The summed E-state index contributed by atoms with van der Waals surface area (Å²) in [5.74, 6) is -0.991. The van der Waals surface area contributed by atoms with Crippen molar-refractivity contribution in [3.8, 4) is 0 Å². The van der Waals surface area contributed by atoms with Crippen molar-refractivity contribution in [1.82, 2.24) is 15.5 Å². The molecule has 3 amide bonds. The Bertz CT molecular complexity index is 372. The van der Waals surface area contributed by atoms with Crippen molar-refractivity contribution < 1.29 is 19.5 Å². The molecule has 1 aliphatic heterocycles. The average molecular weight is 271 g/mol. The van der Waals surface area contributed by atoms with Crippen molar-refractivity contribution in [3.05, 3.63) is 0 Å². The molecule has 1 atom stereocenters. The van der Waals surface area contributed by atoms with Crippen LogP contribution in [0.2, 0.25) is 0 Å². The third-order valence-corrected chi connectivity index (χ3v) is 3.55. The summed E-state index contributed by atoms with van der Waals surface area (Å²) in [6.45, 7) is 4.63. The molecule has 3 N–H and O–H groups in total. The zero-order valence-corrected chi connectivity index (χ0v) is 11.4. The van der Waals surface area contributed by atoms with Gasteiger partial charge in [-0.05, 0) is 12.8 Å². The summed E-state index contributed by atoms with van der Waals surface area (Å²) in [5, 5.41) is 14.5. The molecule has 108 valence electrons. The Labute approximate surface area is 112 Å². The van der Waals surface area contributed by atoms with Crippen LogP contribution in [-0.2, 0) is 9.59 Å². The molecule has 0 aromatic heterocycles. The normalized spacial score (nSPS) is 22.1. The van der Waals surface area contributed by atoms with Crippen molar-refractivity contribution in [3.63, 3.8) is 0 Å². The smallest absolute Gasteiger partial charge is 0.317 e. The molecule has 1 rings (SSSR count). The first-order valence-corrected chi connectivity index (χ1v) is 6.42. The van der Waals surface area contributed by atoms with Crippen molar-refractivity contribution in [2.24, 2.45) is 5.41 Å². The number of carbonyl (C=O) groups excluding carboxylic acids is 2. The molecule has 19 heavy (non-hydrogen) atoms. The molecule has 7 nitrogen and oxygen atoms in total. The topological polar surface area (TPSA) is 98.7 Å². The lowest BCUT2D eigenvalue weighted by Crippen LogP contribution is -2.43. The quantitative estimate of drug-likeness (QED) is 0.614. The molecule has 1 fully saturated rings. The summed E-state index contributed by atoms with van der Waals surface area (Å²) in [6, 6.07) is -0.276. The Morgan fingerprint density at radius 2 is 1.89 bits per heavy atom. The second kappa shape index (κ2) is 6.40. The molecule has 0 bridgehead atoms. The first-order chi connectivity index (χ1) is 8.91. The second-order valence-corrected chi connectivity index (χ2v) is 4.83. The molecule has 0 spiro atoms. The van der Waals surface area contributed by atoms with Gasteiger partial charge in [-0.2, -0.15) is 0 Å². The summed E-state index contributed by atoms with van der Waals surface area (Å²) in [7, 11) is 0. The van der Waals surface area contributed by atoms with E-state index >= 15 is 0 Å². The van der Waals surface area contributed by atoms with E-state index < -0.39 is 11.4 Å². The Morgan fingerprint density at radius 3 is 2.37 bits per heavy atom. The van der Waals surface area contributed by atoms with Crippen molar-refractivity contribution in [2.75, 3.05) is 26.2 Å². The third-order valence-electron chi connectivity index (χ3n) is 3.55. The van der Waals surface area contributed by atoms with E-state index in [0.29, 0.717) is 32.5 Å². The van der Waals surface area contributed by atoms with E-state index in [-0.39, 0.29) is 18.5 Å². The van der Waals surface area contributed by atoms with Crippen LogP contribution >= 0.6 is 0 Å².